The molecule has 0 unspecified atom stereocenters. The van der Waals surface area contributed by atoms with E-state index < -0.39 is 6.10 Å². The average Bonchev–Trinajstić information content (AvgIpc) is 3.38. The maximum absolute atomic E-state index is 12.2. The van der Waals surface area contributed by atoms with Crippen molar-refractivity contribution in [3.05, 3.63) is 78.4 Å². The number of para-hydroxylation sites is 2. The molecule has 0 amide bonds. The minimum atomic E-state index is -0.645. The molecule has 200 valence electrons. The first-order valence-corrected chi connectivity index (χ1v) is 12.9. The number of ether oxygens (including phenoxy) is 4. The van der Waals surface area contributed by atoms with Crippen molar-refractivity contribution in [1.29, 1.82) is 0 Å². The number of carbonyl (C=O) groups is 1. The topological polar surface area (TPSA) is 83.3 Å². The van der Waals surface area contributed by atoms with Gasteiger partial charge in [0.1, 0.15) is 22.8 Å². The molecule has 0 radical (unpaired) electrons. The third kappa shape index (κ3) is 7.18. The average molecular weight is 519 g/mol. The van der Waals surface area contributed by atoms with E-state index in [1.807, 2.05) is 79.7 Å². The second-order valence-electron chi connectivity index (χ2n) is 8.68. The summed E-state index contributed by atoms with van der Waals surface area (Å²) in [6.07, 6.45) is 0.627. The standard InChI is InChI=1S/C30H34N2O6/c1-4-27(29(33)35-5-2)37-25-11-8-10-22(20-25)21-32(30-31-26-12-6-7-13-28(26)38-30)18-9-19-36-24-16-14-23(34-3)15-17-24/h6-8,10-17,20,27H,4-5,9,18-19,21H2,1-3H3/t27-/m1/s1. The molecule has 8 heteroatoms. The van der Waals surface area contributed by atoms with Gasteiger partial charge in [-0.25, -0.2) is 4.79 Å². The fraction of sp³-hybridized carbons (Fsp3) is 0.333. The minimum Gasteiger partial charge on any atom is -0.497 e. The molecule has 0 saturated carbocycles. The first-order chi connectivity index (χ1) is 18.6. The van der Waals surface area contributed by atoms with Crippen molar-refractivity contribution >= 4 is 23.1 Å². The zero-order valence-corrected chi connectivity index (χ0v) is 22.1. The van der Waals surface area contributed by atoms with Crippen LogP contribution in [-0.4, -0.2) is 43.9 Å². The Morgan fingerprint density at radius 1 is 0.974 bits per heavy atom. The Balaban J connectivity index is 1.45. The second-order valence-corrected chi connectivity index (χ2v) is 8.68. The molecule has 0 saturated heterocycles. The summed E-state index contributed by atoms with van der Waals surface area (Å²) < 4.78 is 28.3. The van der Waals surface area contributed by atoms with Crippen molar-refractivity contribution in [2.24, 2.45) is 0 Å². The number of methoxy groups -OCH3 is 1. The van der Waals surface area contributed by atoms with E-state index in [2.05, 4.69) is 4.90 Å². The third-order valence-corrected chi connectivity index (χ3v) is 5.92. The number of oxazole rings is 1. The molecular formula is C30H34N2O6. The number of esters is 1. The number of benzene rings is 3. The number of hydrogen-bond donors (Lipinski definition) is 0. The van der Waals surface area contributed by atoms with Crippen LogP contribution in [-0.2, 0) is 16.1 Å². The summed E-state index contributed by atoms with van der Waals surface area (Å²) in [5.41, 5.74) is 2.54. The van der Waals surface area contributed by atoms with Crippen LogP contribution in [0.25, 0.3) is 11.1 Å². The van der Waals surface area contributed by atoms with E-state index in [4.69, 9.17) is 28.3 Å². The van der Waals surface area contributed by atoms with Crippen LogP contribution in [0.15, 0.2) is 77.2 Å². The number of aromatic nitrogens is 1. The van der Waals surface area contributed by atoms with Crippen molar-refractivity contribution in [3.8, 4) is 17.2 Å². The molecule has 4 rings (SSSR count). The number of fused-ring (bicyclic) bond motifs is 1. The molecule has 0 aliphatic carbocycles. The Labute approximate surface area is 223 Å². The van der Waals surface area contributed by atoms with Crippen LogP contribution >= 0.6 is 0 Å². The predicted molar refractivity (Wildman–Crippen MR) is 146 cm³/mol. The van der Waals surface area contributed by atoms with Crippen LogP contribution in [0.2, 0.25) is 0 Å². The van der Waals surface area contributed by atoms with E-state index in [1.54, 1.807) is 14.0 Å². The largest absolute Gasteiger partial charge is 0.497 e. The Morgan fingerprint density at radius 3 is 2.50 bits per heavy atom. The summed E-state index contributed by atoms with van der Waals surface area (Å²) in [7, 11) is 1.64. The molecule has 4 aromatic rings. The van der Waals surface area contributed by atoms with E-state index in [9.17, 15) is 4.79 Å². The van der Waals surface area contributed by atoms with Gasteiger partial charge in [0.2, 0.25) is 0 Å². The maximum Gasteiger partial charge on any atom is 0.347 e. The third-order valence-electron chi connectivity index (χ3n) is 5.92. The van der Waals surface area contributed by atoms with Crippen molar-refractivity contribution in [2.45, 2.75) is 39.3 Å². The zero-order valence-electron chi connectivity index (χ0n) is 22.1. The zero-order chi connectivity index (χ0) is 26.7. The summed E-state index contributed by atoms with van der Waals surface area (Å²) in [5.74, 6) is 1.84. The molecule has 1 aromatic heterocycles. The first-order valence-electron chi connectivity index (χ1n) is 12.9. The van der Waals surface area contributed by atoms with Crippen molar-refractivity contribution in [2.75, 3.05) is 31.8 Å². The monoisotopic (exact) mass is 518 g/mol. The molecule has 38 heavy (non-hydrogen) atoms. The van der Waals surface area contributed by atoms with Crippen molar-refractivity contribution in [1.82, 2.24) is 4.98 Å². The highest BCUT2D eigenvalue weighted by molar-refractivity contribution is 5.75. The van der Waals surface area contributed by atoms with Gasteiger partial charge < -0.3 is 28.3 Å². The van der Waals surface area contributed by atoms with E-state index >= 15 is 0 Å². The second kappa shape index (κ2) is 13.4. The molecule has 0 N–H and O–H groups in total. The summed E-state index contributed by atoms with van der Waals surface area (Å²) in [6.45, 7) is 5.74. The molecule has 3 aromatic carbocycles. The number of carbonyl (C=O) groups excluding carboxylic acids is 1. The summed E-state index contributed by atoms with van der Waals surface area (Å²) in [6, 6.07) is 23.5. The molecule has 0 fully saturated rings. The lowest BCUT2D eigenvalue weighted by Crippen LogP contribution is -2.29. The highest BCUT2D eigenvalue weighted by atomic mass is 16.6. The fourth-order valence-electron chi connectivity index (χ4n) is 3.99. The summed E-state index contributed by atoms with van der Waals surface area (Å²) in [4.78, 5) is 19.0. The van der Waals surface area contributed by atoms with Gasteiger partial charge in [-0.05, 0) is 73.9 Å². The van der Waals surface area contributed by atoms with Crippen LogP contribution < -0.4 is 19.1 Å². The number of rotatable bonds is 14. The Bertz CT molecular complexity index is 1270. The molecule has 0 spiro atoms. The van der Waals surface area contributed by atoms with Crippen LogP contribution in [0.4, 0.5) is 6.01 Å². The molecule has 1 heterocycles. The van der Waals surface area contributed by atoms with Gasteiger partial charge in [-0.2, -0.15) is 4.98 Å². The van der Waals surface area contributed by atoms with Gasteiger partial charge in [-0.1, -0.05) is 31.2 Å². The number of anilines is 1. The van der Waals surface area contributed by atoms with E-state index in [0.29, 0.717) is 44.5 Å². The van der Waals surface area contributed by atoms with Gasteiger partial charge in [0, 0.05) is 13.1 Å². The van der Waals surface area contributed by atoms with E-state index in [0.717, 1.165) is 34.6 Å². The highest BCUT2D eigenvalue weighted by Crippen LogP contribution is 2.25. The Kier molecular flexibility index (Phi) is 9.45. The fourth-order valence-corrected chi connectivity index (χ4v) is 3.99. The maximum atomic E-state index is 12.2. The molecule has 8 nitrogen and oxygen atoms in total. The van der Waals surface area contributed by atoms with Crippen molar-refractivity contribution < 1.29 is 28.2 Å². The molecule has 0 aliphatic rings. The molecule has 1 atom stereocenters. The Morgan fingerprint density at radius 2 is 1.76 bits per heavy atom. The molecule has 0 aliphatic heterocycles. The normalized spacial score (nSPS) is 11.7. The van der Waals surface area contributed by atoms with Crippen LogP contribution in [0, 0.1) is 0 Å². The van der Waals surface area contributed by atoms with Crippen LogP contribution in [0.3, 0.4) is 0 Å². The van der Waals surface area contributed by atoms with Gasteiger partial charge >= 0.3 is 5.97 Å². The lowest BCUT2D eigenvalue weighted by atomic mass is 10.2. The summed E-state index contributed by atoms with van der Waals surface area (Å²) >= 11 is 0. The predicted octanol–water partition coefficient (Wildman–Crippen LogP) is 6.03. The quantitative estimate of drug-likeness (QED) is 0.148. The van der Waals surface area contributed by atoms with Gasteiger partial charge in [-0.3, -0.25) is 0 Å². The van der Waals surface area contributed by atoms with Crippen LogP contribution in [0.5, 0.6) is 17.2 Å². The van der Waals surface area contributed by atoms with Gasteiger partial charge in [-0.15, -0.1) is 0 Å². The number of nitrogens with zero attached hydrogens (tertiary/aromatic N) is 2. The van der Waals surface area contributed by atoms with Crippen LogP contribution in [0.1, 0.15) is 32.3 Å². The van der Waals surface area contributed by atoms with Gasteiger partial charge in [0.15, 0.2) is 11.7 Å². The lowest BCUT2D eigenvalue weighted by molar-refractivity contribution is -0.151. The van der Waals surface area contributed by atoms with E-state index in [1.165, 1.54) is 0 Å². The smallest absolute Gasteiger partial charge is 0.347 e. The SMILES string of the molecule is CCOC(=O)[C@@H](CC)Oc1cccc(CN(CCCOc2ccc(OC)cc2)c2nc3ccccc3o2)c1. The first kappa shape index (κ1) is 26.9. The Hall–Kier alpha value is -4.20. The summed E-state index contributed by atoms with van der Waals surface area (Å²) in [5, 5.41) is 0. The highest BCUT2D eigenvalue weighted by Gasteiger charge is 2.20. The molecular weight excluding hydrogens is 484 g/mol. The number of hydrogen-bond acceptors (Lipinski definition) is 8. The lowest BCUT2D eigenvalue weighted by Gasteiger charge is -2.22. The van der Waals surface area contributed by atoms with Gasteiger partial charge in [0.05, 0.1) is 20.3 Å². The molecule has 0 bridgehead atoms. The van der Waals surface area contributed by atoms with Gasteiger partial charge in [0.25, 0.3) is 6.01 Å². The van der Waals surface area contributed by atoms with Crippen molar-refractivity contribution in [3.63, 3.8) is 0 Å². The minimum absolute atomic E-state index is 0.320. The van der Waals surface area contributed by atoms with E-state index in [-0.39, 0.29) is 5.97 Å².